The number of nitrogens with zero attached hydrogens (tertiary/aromatic N) is 1. The molecule has 2 nitrogen and oxygen atoms in total. The zero-order chi connectivity index (χ0) is 7.03. The van der Waals surface area contributed by atoms with Gasteiger partial charge in [-0.1, -0.05) is 12.8 Å². The SMILES string of the molecule is ON1CCCC12CCCC2. The van der Waals surface area contributed by atoms with Crippen molar-refractivity contribution in [3.05, 3.63) is 0 Å². The summed E-state index contributed by atoms with van der Waals surface area (Å²) >= 11 is 0. The largest absolute Gasteiger partial charge is 0.313 e. The van der Waals surface area contributed by atoms with Crippen LogP contribution in [0.2, 0.25) is 0 Å². The van der Waals surface area contributed by atoms with Crippen molar-refractivity contribution < 1.29 is 5.21 Å². The van der Waals surface area contributed by atoms with Gasteiger partial charge < -0.3 is 5.21 Å². The average molecular weight is 141 g/mol. The van der Waals surface area contributed by atoms with Crippen LogP contribution < -0.4 is 0 Å². The Labute approximate surface area is 61.8 Å². The molecule has 2 aliphatic rings. The highest BCUT2D eigenvalue weighted by molar-refractivity contribution is 4.95. The van der Waals surface area contributed by atoms with Gasteiger partial charge in [0.2, 0.25) is 0 Å². The van der Waals surface area contributed by atoms with Crippen molar-refractivity contribution in [1.82, 2.24) is 5.06 Å². The van der Waals surface area contributed by atoms with Crippen molar-refractivity contribution in [2.45, 2.75) is 44.1 Å². The van der Waals surface area contributed by atoms with Crippen LogP contribution >= 0.6 is 0 Å². The molecule has 2 heteroatoms. The van der Waals surface area contributed by atoms with Crippen molar-refractivity contribution >= 4 is 0 Å². The maximum atomic E-state index is 9.51. The molecular formula is C8H15NO. The third-order valence-corrected chi connectivity index (χ3v) is 3.09. The first kappa shape index (κ1) is 6.62. The molecule has 1 saturated heterocycles. The van der Waals surface area contributed by atoms with Gasteiger partial charge in [-0.05, 0) is 25.7 Å². The fourth-order valence-electron chi connectivity index (χ4n) is 2.47. The molecule has 0 bridgehead atoms. The normalized spacial score (nSPS) is 32.1. The van der Waals surface area contributed by atoms with Crippen molar-refractivity contribution in [3.63, 3.8) is 0 Å². The average Bonchev–Trinajstić information content (AvgIpc) is 2.48. The highest BCUT2D eigenvalue weighted by atomic mass is 16.5. The first-order valence-electron chi connectivity index (χ1n) is 4.30. The summed E-state index contributed by atoms with van der Waals surface area (Å²) < 4.78 is 0. The Bertz CT molecular complexity index is 124. The molecule has 1 saturated carbocycles. The quantitative estimate of drug-likeness (QED) is 0.556. The highest BCUT2D eigenvalue weighted by Gasteiger charge is 2.42. The van der Waals surface area contributed by atoms with Gasteiger partial charge in [0.15, 0.2) is 0 Å². The summed E-state index contributed by atoms with van der Waals surface area (Å²) in [6.45, 7) is 0.903. The van der Waals surface area contributed by atoms with E-state index in [0.29, 0.717) is 0 Å². The van der Waals surface area contributed by atoms with Crippen LogP contribution in [-0.2, 0) is 0 Å². The second kappa shape index (κ2) is 2.21. The minimum Gasteiger partial charge on any atom is -0.313 e. The molecule has 58 valence electrons. The Kier molecular flexibility index (Phi) is 1.46. The standard InChI is InChI=1S/C8H15NO/c10-9-7-3-6-8(9)4-1-2-5-8/h10H,1-7H2. The monoisotopic (exact) mass is 141 g/mol. The lowest BCUT2D eigenvalue weighted by molar-refractivity contribution is -0.146. The number of hydrogen-bond donors (Lipinski definition) is 1. The summed E-state index contributed by atoms with van der Waals surface area (Å²) in [7, 11) is 0. The maximum Gasteiger partial charge on any atom is 0.0461 e. The van der Waals surface area contributed by atoms with Crippen LogP contribution in [0.3, 0.4) is 0 Å². The molecule has 1 aliphatic carbocycles. The van der Waals surface area contributed by atoms with E-state index in [9.17, 15) is 5.21 Å². The predicted octanol–water partition coefficient (Wildman–Crippen LogP) is 1.78. The van der Waals surface area contributed by atoms with E-state index >= 15 is 0 Å². The predicted molar refractivity (Wildman–Crippen MR) is 38.9 cm³/mol. The van der Waals surface area contributed by atoms with Gasteiger partial charge >= 0.3 is 0 Å². The van der Waals surface area contributed by atoms with Gasteiger partial charge in [0.25, 0.3) is 0 Å². The molecule has 0 aromatic carbocycles. The zero-order valence-electron chi connectivity index (χ0n) is 6.34. The fourth-order valence-corrected chi connectivity index (χ4v) is 2.47. The van der Waals surface area contributed by atoms with Gasteiger partial charge in [-0.2, -0.15) is 5.06 Å². The van der Waals surface area contributed by atoms with E-state index in [1.165, 1.54) is 38.5 Å². The summed E-state index contributed by atoms with van der Waals surface area (Å²) in [6, 6.07) is 0. The van der Waals surface area contributed by atoms with Crippen LogP contribution in [0, 0.1) is 0 Å². The Morgan fingerprint density at radius 2 is 1.60 bits per heavy atom. The number of hydrogen-bond acceptors (Lipinski definition) is 2. The Morgan fingerprint density at radius 1 is 1.00 bits per heavy atom. The smallest absolute Gasteiger partial charge is 0.0461 e. The highest BCUT2D eigenvalue weighted by Crippen LogP contribution is 2.41. The van der Waals surface area contributed by atoms with Gasteiger partial charge in [-0.15, -0.1) is 0 Å². The number of hydroxylamine groups is 2. The van der Waals surface area contributed by atoms with Crippen LogP contribution in [0.4, 0.5) is 0 Å². The van der Waals surface area contributed by atoms with E-state index < -0.39 is 0 Å². The van der Waals surface area contributed by atoms with Crippen LogP contribution in [0.25, 0.3) is 0 Å². The lowest BCUT2D eigenvalue weighted by Gasteiger charge is -2.29. The minimum atomic E-state index is 0.236. The van der Waals surface area contributed by atoms with Gasteiger partial charge in [-0.3, -0.25) is 0 Å². The summed E-state index contributed by atoms with van der Waals surface area (Å²) in [4.78, 5) is 0. The van der Waals surface area contributed by atoms with Crippen molar-refractivity contribution in [2.75, 3.05) is 6.54 Å². The molecule has 1 spiro atoms. The van der Waals surface area contributed by atoms with Crippen LogP contribution in [-0.4, -0.2) is 22.4 Å². The van der Waals surface area contributed by atoms with Gasteiger partial charge in [0.05, 0.1) is 0 Å². The second-order valence-corrected chi connectivity index (χ2v) is 3.66. The first-order chi connectivity index (χ1) is 4.83. The van der Waals surface area contributed by atoms with Gasteiger partial charge in [-0.25, -0.2) is 0 Å². The minimum absolute atomic E-state index is 0.236. The molecule has 1 heterocycles. The second-order valence-electron chi connectivity index (χ2n) is 3.66. The summed E-state index contributed by atoms with van der Waals surface area (Å²) in [5.74, 6) is 0. The summed E-state index contributed by atoms with van der Waals surface area (Å²) in [5, 5.41) is 11.1. The lowest BCUT2D eigenvalue weighted by Crippen LogP contribution is -2.38. The Balaban J connectivity index is 2.11. The molecule has 2 rings (SSSR count). The van der Waals surface area contributed by atoms with E-state index in [1.54, 1.807) is 5.06 Å². The van der Waals surface area contributed by atoms with E-state index in [0.717, 1.165) is 6.54 Å². The van der Waals surface area contributed by atoms with E-state index in [1.807, 2.05) is 0 Å². The number of rotatable bonds is 0. The van der Waals surface area contributed by atoms with Crippen molar-refractivity contribution in [3.8, 4) is 0 Å². The van der Waals surface area contributed by atoms with Crippen LogP contribution in [0.5, 0.6) is 0 Å². The molecule has 0 aromatic rings. The molecule has 1 N–H and O–H groups in total. The fraction of sp³-hybridized carbons (Fsp3) is 1.00. The molecule has 2 fully saturated rings. The molecule has 0 unspecified atom stereocenters. The molecule has 0 amide bonds. The Hall–Kier alpha value is -0.0800. The third kappa shape index (κ3) is 0.789. The van der Waals surface area contributed by atoms with E-state index in [2.05, 4.69) is 0 Å². The molecule has 0 aromatic heterocycles. The van der Waals surface area contributed by atoms with E-state index in [4.69, 9.17) is 0 Å². The Morgan fingerprint density at radius 3 is 2.10 bits per heavy atom. The summed E-state index contributed by atoms with van der Waals surface area (Å²) in [5.41, 5.74) is 0.236. The summed E-state index contributed by atoms with van der Waals surface area (Å²) in [6.07, 6.45) is 7.50. The third-order valence-electron chi connectivity index (χ3n) is 3.09. The van der Waals surface area contributed by atoms with Crippen LogP contribution in [0.15, 0.2) is 0 Å². The zero-order valence-corrected chi connectivity index (χ0v) is 6.34. The lowest BCUT2D eigenvalue weighted by atomic mass is 9.96. The van der Waals surface area contributed by atoms with Crippen molar-refractivity contribution in [2.24, 2.45) is 0 Å². The molecule has 0 radical (unpaired) electrons. The van der Waals surface area contributed by atoms with E-state index in [-0.39, 0.29) is 5.54 Å². The maximum absolute atomic E-state index is 9.51. The van der Waals surface area contributed by atoms with Gasteiger partial charge in [0, 0.05) is 12.1 Å². The molecule has 0 atom stereocenters. The van der Waals surface area contributed by atoms with Crippen molar-refractivity contribution in [1.29, 1.82) is 0 Å². The molecular weight excluding hydrogens is 126 g/mol. The molecule has 1 aliphatic heterocycles. The molecule has 10 heavy (non-hydrogen) atoms. The van der Waals surface area contributed by atoms with Crippen LogP contribution in [0.1, 0.15) is 38.5 Å². The first-order valence-corrected chi connectivity index (χ1v) is 4.30. The van der Waals surface area contributed by atoms with Gasteiger partial charge in [0.1, 0.15) is 0 Å². The topological polar surface area (TPSA) is 23.5 Å².